The molecule has 5 nitrogen and oxygen atoms in total. The molecular weight excluding hydrogens is 342 g/mol. The lowest BCUT2D eigenvalue weighted by molar-refractivity contribution is -0.141. The van der Waals surface area contributed by atoms with Crippen molar-refractivity contribution < 1.29 is 19.1 Å². The summed E-state index contributed by atoms with van der Waals surface area (Å²) in [5.41, 5.74) is 3.49. The van der Waals surface area contributed by atoms with Gasteiger partial charge in [-0.2, -0.15) is 0 Å². The average molecular weight is 367 g/mol. The molecule has 0 saturated carbocycles. The van der Waals surface area contributed by atoms with Gasteiger partial charge in [0.25, 0.3) is 5.91 Å². The van der Waals surface area contributed by atoms with Gasteiger partial charge in [-0.25, -0.2) is 0 Å². The summed E-state index contributed by atoms with van der Waals surface area (Å²) in [5.74, 6) is 0.228. The zero-order chi connectivity index (χ0) is 19.6. The molecule has 3 atom stereocenters. The molecule has 1 N–H and O–H groups in total. The average Bonchev–Trinajstić information content (AvgIpc) is 2.96. The molecule has 0 spiro atoms. The molecule has 0 saturated heterocycles. The first-order chi connectivity index (χ1) is 12.9. The molecule has 3 rings (SSSR count). The van der Waals surface area contributed by atoms with Crippen LogP contribution in [-0.4, -0.2) is 25.1 Å². The third-order valence-corrected chi connectivity index (χ3v) is 5.17. The van der Waals surface area contributed by atoms with E-state index < -0.39 is 6.04 Å². The number of carbonyl (C=O) groups excluding carboxylic acids is 2. The highest BCUT2D eigenvalue weighted by Crippen LogP contribution is 2.40. The quantitative estimate of drug-likeness (QED) is 0.814. The SMILES string of the molecule is COC(=O)C[C@H](NC(=O)c1cccc2c1O[C@H](C)[C@H]2C)c1ccc(C)cc1. The second-order valence-electron chi connectivity index (χ2n) is 7.05. The van der Waals surface area contributed by atoms with Crippen molar-refractivity contribution in [3.05, 3.63) is 64.7 Å². The fourth-order valence-electron chi connectivity index (χ4n) is 3.30. The summed E-state index contributed by atoms with van der Waals surface area (Å²) >= 11 is 0. The van der Waals surface area contributed by atoms with Crippen molar-refractivity contribution in [1.29, 1.82) is 0 Å². The Balaban J connectivity index is 1.87. The maximum atomic E-state index is 13.0. The summed E-state index contributed by atoms with van der Waals surface area (Å²) in [6.07, 6.45) is 0.0884. The van der Waals surface area contributed by atoms with Crippen LogP contribution < -0.4 is 10.1 Å². The number of amides is 1. The number of ether oxygens (including phenoxy) is 2. The molecular formula is C22H25NO4. The molecule has 1 aliphatic heterocycles. The first-order valence-electron chi connectivity index (χ1n) is 9.14. The summed E-state index contributed by atoms with van der Waals surface area (Å²) in [4.78, 5) is 24.9. The number of benzene rings is 2. The number of para-hydroxylation sites is 1. The Morgan fingerprint density at radius 2 is 1.85 bits per heavy atom. The third-order valence-electron chi connectivity index (χ3n) is 5.17. The Labute approximate surface area is 159 Å². The van der Waals surface area contributed by atoms with Gasteiger partial charge in [-0.1, -0.05) is 48.9 Å². The van der Waals surface area contributed by atoms with E-state index in [-0.39, 0.29) is 30.3 Å². The second-order valence-corrected chi connectivity index (χ2v) is 7.05. The first-order valence-corrected chi connectivity index (χ1v) is 9.14. The van der Waals surface area contributed by atoms with E-state index in [1.54, 1.807) is 6.07 Å². The molecule has 0 bridgehead atoms. The number of rotatable bonds is 5. The van der Waals surface area contributed by atoms with Crippen LogP contribution in [0.25, 0.3) is 0 Å². The zero-order valence-corrected chi connectivity index (χ0v) is 16.1. The number of aryl methyl sites for hydroxylation is 1. The monoisotopic (exact) mass is 367 g/mol. The van der Waals surface area contributed by atoms with Crippen LogP contribution in [0.4, 0.5) is 0 Å². The lowest BCUT2D eigenvalue weighted by atomic mass is 9.96. The summed E-state index contributed by atoms with van der Waals surface area (Å²) in [5, 5.41) is 2.97. The van der Waals surface area contributed by atoms with E-state index in [9.17, 15) is 9.59 Å². The minimum atomic E-state index is -0.474. The molecule has 0 aromatic heterocycles. The van der Waals surface area contributed by atoms with Crippen molar-refractivity contribution in [3.8, 4) is 5.75 Å². The van der Waals surface area contributed by atoms with Crippen molar-refractivity contribution in [2.75, 3.05) is 7.11 Å². The van der Waals surface area contributed by atoms with Crippen LogP contribution in [0.15, 0.2) is 42.5 Å². The standard InChI is InChI=1S/C22H25NO4/c1-13-8-10-16(11-9-13)19(12-20(24)26-4)23-22(25)18-7-5-6-17-14(2)15(3)27-21(17)18/h5-11,14-15,19H,12H2,1-4H3,(H,23,25)/t14-,15-,19+/m1/s1. The van der Waals surface area contributed by atoms with E-state index in [1.807, 2.05) is 50.2 Å². The van der Waals surface area contributed by atoms with Crippen LogP contribution >= 0.6 is 0 Å². The van der Waals surface area contributed by atoms with Gasteiger partial charge in [0.15, 0.2) is 0 Å². The molecule has 5 heteroatoms. The van der Waals surface area contributed by atoms with Gasteiger partial charge in [0.1, 0.15) is 11.9 Å². The Kier molecular flexibility index (Phi) is 5.49. The molecule has 0 fully saturated rings. The summed E-state index contributed by atoms with van der Waals surface area (Å²) in [6.45, 7) is 6.08. The molecule has 1 heterocycles. The molecule has 2 aromatic carbocycles. The van der Waals surface area contributed by atoms with E-state index in [4.69, 9.17) is 9.47 Å². The highest BCUT2D eigenvalue weighted by atomic mass is 16.5. The Morgan fingerprint density at radius 3 is 2.52 bits per heavy atom. The van der Waals surface area contributed by atoms with Crippen molar-refractivity contribution >= 4 is 11.9 Å². The highest BCUT2D eigenvalue weighted by molar-refractivity contribution is 5.98. The van der Waals surface area contributed by atoms with Crippen molar-refractivity contribution in [2.45, 2.75) is 45.3 Å². The minimum Gasteiger partial charge on any atom is -0.489 e. The van der Waals surface area contributed by atoms with E-state index >= 15 is 0 Å². The van der Waals surface area contributed by atoms with Gasteiger partial charge in [-0.05, 0) is 25.5 Å². The molecule has 0 aliphatic carbocycles. The molecule has 142 valence electrons. The van der Waals surface area contributed by atoms with Gasteiger partial charge in [0.05, 0.1) is 25.1 Å². The van der Waals surface area contributed by atoms with Gasteiger partial charge < -0.3 is 14.8 Å². The lowest BCUT2D eigenvalue weighted by Crippen LogP contribution is -2.30. The second kappa shape index (κ2) is 7.82. The van der Waals surface area contributed by atoms with Crippen LogP contribution in [0, 0.1) is 6.92 Å². The van der Waals surface area contributed by atoms with E-state index in [1.165, 1.54) is 7.11 Å². The predicted octanol–water partition coefficient (Wildman–Crippen LogP) is 3.91. The van der Waals surface area contributed by atoms with Crippen LogP contribution in [0.2, 0.25) is 0 Å². The maximum Gasteiger partial charge on any atom is 0.307 e. The van der Waals surface area contributed by atoms with E-state index in [2.05, 4.69) is 12.2 Å². The fraction of sp³-hybridized carbons (Fsp3) is 0.364. The van der Waals surface area contributed by atoms with Crippen LogP contribution in [0.5, 0.6) is 5.75 Å². The van der Waals surface area contributed by atoms with Gasteiger partial charge in [-0.3, -0.25) is 9.59 Å². The maximum absolute atomic E-state index is 13.0. The number of nitrogens with one attached hydrogen (secondary N) is 1. The van der Waals surface area contributed by atoms with Gasteiger partial charge in [0.2, 0.25) is 0 Å². The van der Waals surface area contributed by atoms with Crippen LogP contribution in [0.1, 0.15) is 59.3 Å². The number of carbonyl (C=O) groups is 2. The summed E-state index contributed by atoms with van der Waals surface area (Å²) in [7, 11) is 1.34. The van der Waals surface area contributed by atoms with Crippen molar-refractivity contribution in [1.82, 2.24) is 5.32 Å². The van der Waals surface area contributed by atoms with E-state index in [0.717, 1.165) is 16.7 Å². The Morgan fingerprint density at radius 1 is 1.15 bits per heavy atom. The summed E-state index contributed by atoms with van der Waals surface area (Å²) < 4.78 is 10.7. The predicted molar refractivity (Wildman–Crippen MR) is 103 cm³/mol. The number of fused-ring (bicyclic) bond motifs is 1. The molecule has 27 heavy (non-hydrogen) atoms. The largest absolute Gasteiger partial charge is 0.489 e. The van der Waals surface area contributed by atoms with Gasteiger partial charge in [-0.15, -0.1) is 0 Å². The van der Waals surface area contributed by atoms with Gasteiger partial charge >= 0.3 is 5.97 Å². The molecule has 1 amide bonds. The number of methoxy groups -OCH3 is 1. The van der Waals surface area contributed by atoms with E-state index in [0.29, 0.717) is 11.3 Å². The Hall–Kier alpha value is -2.82. The Bertz CT molecular complexity index is 844. The van der Waals surface area contributed by atoms with Crippen LogP contribution in [-0.2, 0) is 9.53 Å². The number of hydrogen-bond acceptors (Lipinski definition) is 4. The highest BCUT2D eigenvalue weighted by Gasteiger charge is 2.31. The normalized spacial score (nSPS) is 19.0. The van der Waals surface area contributed by atoms with Crippen molar-refractivity contribution in [2.24, 2.45) is 0 Å². The third kappa shape index (κ3) is 3.97. The first kappa shape index (κ1) is 19.0. The lowest BCUT2D eigenvalue weighted by Gasteiger charge is -2.19. The summed E-state index contributed by atoms with van der Waals surface area (Å²) in [6, 6.07) is 12.9. The van der Waals surface area contributed by atoms with Crippen LogP contribution in [0.3, 0.4) is 0 Å². The molecule has 0 radical (unpaired) electrons. The van der Waals surface area contributed by atoms with Crippen molar-refractivity contribution in [3.63, 3.8) is 0 Å². The zero-order valence-electron chi connectivity index (χ0n) is 16.1. The fourth-order valence-corrected chi connectivity index (χ4v) is 3.30. The molecule has 0 unspecified atom stereocenters. The molecule has 2 aromatic rings. The topological polar surface area (TPSA) is 64.6 Å². The minimum absolute atomic E-state index is 0.0249. The molecule has 1 aliphatic rings. The smallest absolute Gasteiger partial charge is 0.307 e. The number of hydrogen-bond donors (Lipinski definition) is 1. The number of esters is 1. The van der Waals surface area contributed by atoms with Gasteiger partial charge in [0, 0.05) is 11.5 Å².